The van der Waals surface area contributed by atoms with Crippen molar-refractivity contribution < 1.29 is 9.59 Å². The van der Waals surface area contributed by atoms with Crippen molar-refractivity contribution in [3.05, 3.63) is 30.1 Å². The third-order valence-electron chi connectivity index (χ3n) is 4.05. The van der Waals surface area contributed by atoms with Crippen molar-refractivity contribution in [2.45, 2.75) is 45.7 Å². The molecule has 1 N–H and O–H groups in total. The quantitative estimate of drug-likeness (QED) is 0.918. The Morgan fingerprint density at radius 3 is 2.81 bits per heavy atom. The van der Waals surface area contributed by atoms with Crippen molar-refractivity contribution in [1.29, 1.82) is 0 Å². The first kappa shape index (κ1) is 15.5. The molecule has 0 aliphatic carbocycles. The Morgan fingerprint density at radius 2 is 2.19 bits per heavy atom. The molecule has 0 radical (unpaired) electrons. The molecule has 1 aromatic heterocycles. The van der Waals surface area contributed by atoms with E-state index in [9.17, 15) is 9.59 Å². The van der Waals surface area contributed by atoms with Crippen molar-refractivity contribution in [2.24, 2.45) is 5.92 Å². The number of nitrogens with zero attached hydrogens (tertiary/aromatic N) is 2. The van der Waals surface area contributed by atoms with E-state index < -0.39 is 5.54 Å². The summed E-state index contributed by atoms with van der Waals surface area (Å²) in [6.45, 7) is 6.64. The molecule has 1 aliphatic rings. The predicted molar refractivity (Wildman–Crippen MR) is 80.3 cm³/mol. The number of carbonyl (C=O) groups is 2. The van der Waals surface area contributed by atoms with Crippen molar-refractivity contribution in [3.63, 3.8) is 0 Å². The molecule has 1 fully saturated rings. The Hall–Kier alpha value is -1.91. The van der Waals surface area contributed by atoms with Gasteiger partial charge in [-0.1, -0.05) is 19.9 Å². The zero-order valence-electron chi connectivity index (χ0n) is 12.9. The maximum Gasteiger partial charge on any atom is 0.246 e. The monoisotopic (exact) mass is 289 g/mol. The van der Waals surface area contributed by atoms with Crippen molar-refractivity contribution in [2.75, 3.05) is 6.54 Å². The fourth-order valence-corrected chi connectivity index (χ4v) is 2.73. The lowest BCUT2D eigenvalue weighted by Gasteiger charge is -2.35. The zero-order chi connectivity index (χ0) is 15.5. The van der Waals surface area contributed by atoms with Crippen LogP contribution in [0, 0.1) is 5.92 Å². The standard InChI is InChI=1S/C16H23N3O2/c1-12(2)14(20)19-10-6-8-16(19,3)15(21)18-11-13-7-4-5-9-17-13/h4-5,7,9,12H,6,8,10-11H2,1-3H3,(H,18,21). The van der Waals surface area contributed by atoms with Gasteiger partial charge in [0.15, 0.2) is 0 Å². The van der Waals surface area contributed by atoms with Crippen LogP contribution in [0.1, 0.15) is 39.3 Å². The molecule has 0 bridgehead atoms. The van der Waals surface area contributed by atoms with E-state index in [4.69, 9.17) is 0 Å². The highest BCUT2D eigenvalue weighted by molar-refractivity contribution is 5.92. The molecule has 2 heterocycles. The van der Waals surface area contributed by atoms with Crippen LogP contribution in [0.5, 0.6) is 0 Å². The summed E-state index contributed by atoms with van der Waals surface area (Å²) >= 11 is 0. The molecule has 1 aliphatic heterocycles. The summed E-state index contributed by atoms with van der Waals surface area (Å²) in [5.74, 6) is -0.145. The van der Waals surface area contributed by atoms with Gasteiger partial charge in [-0.15, -0.1) is 0 Å². The summed E-state index contributed by atoms with van der Waals surface area (Å²) in [7, 11) is 0. The van der Waals surface area contributed by atoms with E-state index in [1.165, 1.54) is 0 Å². The second-order valence-corrected chi connectivity index (χ2v) is 6.03. The molecule has 1 aromatic rings. The molecule has 5 heteroatoms. The highest BCUT2D eigenvalue weighted by Crippen LogP contribution is 2.30. The molecular weight excluding hydrogens is 266 g/mol. The van der Waals surface area contributed by atoms with Crippen LogP contribution in [-0.2, 0) is 16.1 Å². The van der Waals surface area contributed by atoms with Crippen LogP contribution >= 0.6 is 0 Å². The van der Waals surface area contributed by atoms with E-state index in [0.717, 1.165) is 12.1 Å². The smallest absolute Gasteiger partial charge is 0.246 e. The maximum absolute atomic E-state index is 12.5. The second-order valence-electron chi connectivity index (χ2n) is 6.03. The van der Waals surface area contributed by atoms with Gasteiger partial charge in [-0.3, -0.25) is 14.6 Å². The van der Waals surface area contributed by atoms with Gasteiger partial charge in [-0.05, 0) is 31.9 Å². The number of amides is 2. The number of rotatable bonds is 4. The number of hydrogen-bond acceptors (Lipinski definition) is 3. The fraction of sp³-hybridized carbons (Fsp3) is 0.562. The lowest BCUT2D eigenvalue weighted by molar-refractivity contribution is -0.146. The van der Waals surface area contributed by atoms with Crippen LogP contribution in [-0.4, -0.2) is 33.8 Å². The molecule has 5 nitrogen and oxygen atoms in total. The average molecular weight is 289 g/mol. The molecule has 1 unspecified atom stereocenters. The number of carbonyl (C=O) groups excluding carboxylic acids is 2. The first-order chi connectivity index (χ1) is 9.95. The minimum atomic E-state index is -0.740. The lowest BCUT2D eigenvalue weighted by atomic mass is 9.96. The van der Waals surface area contributed by atoms with Crippen LogP contribution in [0.3, 0.4) is 0 Å². The normalized spacial score (nSPS) is 21.6. The van der Waals surface area contributed by atoms with Gasteiger partial charge in [0, 0.05) is 18.7 Å². The predicted octanol–water partition coefficient (Wildman–Crippen LogP) is 1.73. The number of aromatic nitrogens is 1. The fourth-order valence-electron chi connectivity index (χ4n) is 2.73. The number of nitrogens with one attached hydrogen (secondary N) is 1. The summed E-state index contributed by atoms with van der Waals surface area (Å²) in [6, 6.07) is 5.60. The van der Waals surface area contributed by atoms with Gasteiger partial charge in [-0.25, -0.2) is 0 Å². The topological polar surface area (TPSA) is 62.3 Å². The largest absolute Gasteiger partial charge is 0.348 e. The summed E-state index contributed by atoms with van der Waals surface area (Å²) in [5, 5.41) is 2.91. The Balaban J connectivity index is 2.04. The van der Waals surface area contributed by atoms with Crippen molar-refractivity contribution in [3.8, 4) is 0 Å². The van der Waals surface area contributed by atoms with E-state index in [-0.39, 0.29) is 17.7 Å². The molecule has 1 atom stereocenters. The molecule has 2 amide bonds. The number of pyridine rings is 1. The van der Waals surface area contributed by atoms with Gasteiger partial charge in [0.25, 0.3) is 0 Å². The first-order valence-corrected chi connectivity index (χ1v) is 7.45. The molecule has 21 heavy (non-hydrogen) atoms. The van der Waals surface area contributed by atoms with Gasteiger partial charge < -0.3 is 10.2 Å². The Morgan fingerprint density at radius 1 is 1.43 bits per heavy atom. The van der Waals surface area contributed by atoms with Gasteiger partial charge in [0.1, 0.15) is 5.54 Å². The Kier molecular flexibility index (Phi) is 4.60. The summed E-state index contributed by atoms with van der Waals surface area (Å²) in [6.07, 6.45) is 3.28. The van der Waals surface area contributed by atoms with E-state index in [2.05, 4.69) is 10.3 Å². The van der Waals surface area contributed by atoms with Crippen LogP contribution in [0.2, 0.25) is 0 Å². The van der Waals surface area contributed by atoms with Crippen LogP contribution < -0.4 is 5.32 Å². The van der Waals surface area contributed by atoms with E-state index in [0.29, 0.717) is 19.5 Å². The molecular formula is C16H23N3O2. The second kappa shape index (κ2) is 6.24. The first-order valence-electron chi connectivity index (χ1n) is 7.45. The third kappa shape index (κ3) is 3.23. The SMILES string of the molecule is CC(C)C(=O)N1CCCC1(C)C(=O)NCc1ccccn1. The van der Waals surface area contributed by atoms with Crippen molar-refractivity contribution in [1.82, 2.24) is 15.2 Å². The molecule has 0 saturated carbocycles. The molecule has 2 rings (SSSR count). The number of likely N-dealkylation sites (tertiary alicyclic amines) is 1. The number of hydrogen-bond donors (Lipinski definition) is 1. The average Bonchev–Trinajstić information content (AvgIpc) is 2.88. The van der Waals surface area contributed by atoms with Crippen LogP contribution in [0.15, 0.2) is 24.4 Å². The summed E-state index contributed by atoms with van der Waals surface area (Å²) in [4.78, 5) is 30.7. The Labute approximate surface area is 125 Å². The van der Waals surface area contributed by atoms with E-state index >= 15 is 0 Å². The van der Waals surface area contributed by atoms with Gasteiger partial charge in [0.2, 0.25) is 11.8 Å². The van der Waals surface area contributed by atoms with Crippen LogP contribution in [0.4, 0.5) is 0 Å². The van der Waals surface area contributed by atoms with E-state index in [1.807, 2.05) is 39.0 Å². The highest BCUT2D eigenvalue weighted by Gasteiger charge is 2.45. The van der Waals surface area contributed by atoms with Gasteiger partial charge in [-0.2, -0.15) is 0 Å². The van der Waals surface area contributed by atoms with E-state index in [1.54, 1.807) is 11.1 Å². The minimum absolute atomic E-state index is 0.0444. The molecule has 114 valence electrons. The third-order valence-corrected chi connectivity index (χ3v) is 4.05. The van der Waals surface area contributed by atoms with Crippen molar-refractivity contribution >= 4 is 11.8 Å². The van der Waals surface area contributed by atoms with Gasteiger partial charge >= 0.3 is 0 Å². The van der Waals surface area contributed by atoms with Gasteiger partial charge in [0.05, 0.1) is 12.2 Å². The lowest BCUT2D eigenvalue weighted by Crippen LogP contribution is -2.56. The maximum atomic E-state index is 12.5. The molecule has 0 aromatic carbocycles. The molecule has 1 saturated heterocycles. The highest BCUT2D eigenvalue weighted by atomic mass is 16.2. The summed E-state index contributed by atoms with van der Waals surface area (Å²) < 4.78 is 0. The molecule has 0 spiro atoms. The van der Waals surface area contributed by atoms with Crippen LogP contribution in [0.25, 0.3) is 0 Å². The zero-order valence-corrected chi connectivity index (χ0v) is 12.9. The Bertz CT molecular complexity index is 516. The minimum Gasteiger partial charge on any atom is -0.348 e. The summed E-state index contributed by atoms with van der Waals surface area (Å²) in [5.41, 5.74) is 0.0741.